The number of halogens is 5. The van der Waals surface area contributed by atoms with E-state index in [1.165, 1.54) is 18.3 Å². The van der Waals surface area contributed by atoms with Gasteiger partial charge in [-0.3, -0.25) is 0 Å². The lowest BCUT2D eigenvalue weighted by Crippen LogP contribution is -2.40. The first-order valence-corrected chi connectivity index (χ1v) is 9.59. The molecule has 0 amide bonds. The van der Waals surface area contributed by atoms with Gasteiger partial charge >= 0.3 is 6.61 Å². The first-order chi connectivity index (χ1) is 15.3. The van der Waals surface area contributed by atoms with Gasteiger partial charge in [0.05, 0.1) is 12.4 Å². The molecule has 7 nitrogen and oxygen atoms in total. The van der Waals surface area contributed by atoms with Gasteiger partial charge in [0.25, 0.3) is 5.92 Å². The summed E-state index contributed by atoms with van der Waals surface area (Å²) in [5, 5.41) is 10.5. The predicted octanol–water partition coefficient (Wildman–Crippen LogP) is 4.65. The minimum absolute atomic E-state index is 0.00942. The molecule has 0 radical (unpaired) electrons. The van der Waals surface area contributed by atoms with E-state index >= 15 is 0 Å². The van der Waals surface area contributed by atoms with Crippen molar-refractivity contribution >= 4 is 17.6 Å². The van der Waals surface area contributed by atoms with Crippen molar-refractivity contribution < 1.29 is 26.7 Å². The molecule has 1 saturated heterocycles. The Bertz CT molecular complexity index is 1070. The molecule has 0 aliphatic carbocycles. The van der Waals surface area contributed by atoms with E-state index in [0.717, 1.165) is 6.20 Å². The Morgan fingerprint density at radius 2 is 1.75 bits per heavy atom. The number of aromatic nitrogens is 4. The summed E-state index contributed by atoms with van der Waals surface area (Å²) in [6.07, 6.45) is 1.75. The maximum absolute atomic E-state index is 14.3. The summed E-state index contributed by atoms with van der Waals surface area (Å²) in [7, 11) is 0. The molecule has 3 heterocycles. The number of hydrogen-bond acceptors (Lipinski definition) is 7. The van der Waals surface area contributed by atoms with Crippen LogP contribution in [-0.2, 0) is 0 Å². The molecule has 4 rings (SSSR count). The Morgan fingerprint density at radius 3 is 2.44 bits per heavy atom. The number of nitrogens with one attached hydrogen (secondary N) is 1. The molecule has 1 aromatic carbocycles. The molecule has 1 N–H and O–H groups in total. The summed E-state index contributed by atoms with van der Waals surface area (Å²) in [6, 6.07) is 7.46. The molecular weight excluding hydrogens is 435 g/mol. The minimum Gasteiger partial charge on any atom is -0.435 e. The number of piperidine rings is 1. The molecule has 0 bridgehead atoms. The van der Waals surface area contributed by atoms with Crippen LogP contribution in [-0.4, -0.2) is 45.8 Å². The van der Waals surface area contributed by atoms with E-state index in [1.807, 2.05) is 0 Å². The van der Waals surface area contributed by atoms with E-state index in [4.69, 9.17) is 0 Å². The lowest BCUT2D eigenvalue weighted by Gasteiger charge is -2.31. The van der Waals surface area contributed by atoms with Crippen LogP contribution in [0.5, 0.6) is 5.75 Å². The van der Waals surface area contributed by atoms with Crippen molar-refractivity contribution in [2.45, 2.75) is 25.4 Å². The van der Waals surface area contributed by atoms with Crippen molar-refractivity contribution in [3.8, 4) is 16.9 Å². The number of benzene rings is 1. The Labute approximate surface area is 179 Å². The Morgan fingerprint density at radius 1 is 1.03 bits per heavy atom. The standard InChI is InChI=1S/C20H17F5N6O/c21-15-11-26-19(31-7-5-20(24,25)6-8-31)29-17(15)28-16-9-13(10-27-30-16)12-1-3-14(4-2-12)32-18(22)23/h1-4,9-11,18H,5-8H2,(H,26,28,29,30). The maximum Gasteiger partial charge on any atom is 0.387 e. The van der Waals surface area contributed by atoms with Crippen molar-refractivity contribution in [1.29, 1.82) is 0 Å². The van der Waals surface area contributed by atoms with E-state index < -0.39 is 18.4 Å². The molecule has 0 unspecified atom stereocenters. The average molecular weight is 452 g/mol. The fourth-order valence-corrected chi connectivity index (χ4v) is 3.17. The van der Waals surface area contributed by atoms with Crippen LogP contribution in [0, 0.1) is 5.82 Å². The van der Waals surface area contributed by atoms with Gasteiger partial charge in [0.2, 0.25) is 5.95 Å². The molecular formula is C20H17F5N6O. The highest BCUT2D eigenvalue weighted by Crippen LogP contribution is 2.30. The first-order valence-electron chi connectivity index (χ1n) is 9.59. The quantitative estimate of drug-likeness (QED) is 0.546. The lowest BCUT2D eigenvalue weighted by atomic mass is 10.1. The van der Waals surface area contributed by atoms with Gasteiger partial charge in [0.15, 0.2) is 17.5 Å². The Hall–Kier alpha value is -3.57. The Kier molecular flexibility index (Phi) is 6.01. The van der Waals surface area contributed by atoms with Gasteiger partial charge in [-0.2, -0.15) is 18.9 Å². The monoisotopic (exact) mass is 452 g/mol. The summed E-state index contributed by atoms with van der Waals surface area (Å²) < 4.78 is 69.9. The van der Waals surface area contributed by atoms with Crippen LogP contribution in [0.25, 0.3) is 11.1 Å². The van der Waals surface area contributed by atoms with E-state index in [9.17, 15) is 22.0 Å². The second-order valence-electron chi connectivity index (χ2n) is 7.07. The van der Waals surface area contributed by atoms with E-state index in [-0.39, 0.29) is 49.3 Å². The summed E-state index contributed by atoms with van der Waals surface area (Å²) >= 11 is 0. The second kappa shape index (κ2) is 8.89. The summed E-state index contributed by atoms with van der Waals surface area (Å²) in [4.78, 5) is 9.57. The van der Waals surface area contributed by atoms with Gasteiger partial charge in [0.1, 0.15) is 5.75 Å². The van der Waals surface area contributed by atoms with Crippen molar-refractivity contribution in [2.75, 3.05) is 23.3 Å². The topological polar surface area (TPSA) is 76.1 Å². The molecule has 1 aliphatic heterocycles. The normalized spacial score (nSPS) is 15.6. The maximum atomic E-state index is 14.3. The number of rotatable bonds is 6. The van der Waals surface area contributed by atoms with Crippen molar-refractivity contribution in [2.24, 2.45) is 0 Å². The highest BCUT2D eigenvalue weighted by Gasteiger charge is 2.35. The first kappa shape index (κ1) is 21.7. The Balaban J connectivity index is 1.51. The van der Waals surface area contributed by atoms with Crippen molar-refractivity contribution in [3.05, 3.63) is 48.5 Å². The summed E-state index contributed by atoms with van der Waals surface area (Å²) in [5.74, 6) is -3.35. The molecule has 0 saturated carbocycles. The van der Waals surface area contributed by atoms with Crippen LogP contribution in [0.3, 0.4) is 0 Å². The van der Waals surface area contributed by atoms with Gasteiger partial charge in [-0.25, -0.2) is 18.2 Å². The zero-order valence-corrected chi connectivity index (χ0v) is 16.5. The van der Waals surface area contributed by atoms with Crippen LogP contribution < -0.4 is 15.0 Å². The number of alkyl halides is 4. The number of hydrogen-bond donors (Lipinski definition) is 1. The van der Waals surface area contributed by atoms with E-state index in [2.05, 4.69) is 30.2 Å². The SMILES string of the molecule is Fc1cnc(N2CCC(F)(F)CC2)nc1Nc1cc(-c2ccc(OC(F)F)cc2)cnn1. The number of nitrogens with zero attached hydrogens (tertiary/aromatic N) is 5. The van der Waals surface area contributed by atoms with Gasteiger partial charge in [0, 0.05) is 31.5 Å². The van der Waals surface area contributed by atoms with Crippen LogP contribution >= 0.6 is 0 Å². The summed E-state index contributed by atoms with van der Waals surface area (Å²) in [5.41, 5.74) is 1.22. The predicted molar refractivity (Wildman–Crippen MR) is 106 cm³/mol. The summed E-state index contributed by atoms with van der Waals surface area (Å²) in [6.45, 7) is -2.81. The second-order valence-corrected chi connectivity index (χ2v) is 7.07. The zero-order chi connectivity index (χ0) is 22.7. The van der Waals surface area contributed by atoms with Crippen LogP contribution in [0.1, 0.15) is 12.8 Å². The van der Waals surface area contributed by atoms with Gasteiger partial charge in [-0.15, -0.1) is 5.10 Å². The molecule has 168 valence electrons. The van der Waals surface area contributed by atoms with Gasteiger partial charge < -0.3 is 15.0 Å². The fraction of sp³-hybridized carbons (Fsp3) is 0.300. The molecule has 1 aliphatic rings. The molecule has 3 aromatic rings. The zero-order valence-electron chi connectivity index (χ0n) is 16.5. The number of ether oxygens (including phenoxy) is 1. The van der Waals surface area contributed by atoms with Crippen LogP contribution in [0.15, 0.2) is 42.7 Å². The number of anilines is 3. The van der Waals surface area contributed by atoms with Crippen LogP contribution in [0.4, 0.5) is 39.5 Å². The van der Waals surface area contributed by atoms with Gasteiger partial charge in [-0.1, -0.05) is 12.1 Å². The van der Waals surface area contributed by atoms with E-state index in [0.29, 0.717) is 11.1 Å². The van der Waals surface area contributed by atoms with Crippen molar-refractivity contribution in [3.63, 3.8) is 0 Å². The molecule has 1 fully saturated rings. The van der Waals surface area contributed by atoms with Crippen LogP contribution in [0.2, 0.25) is 0 Å². The smallest absolute Gasteiger partial charge is 0.387 e. The lowest BCUT2D eigenvalue weighted by molar-refractivity contribution is -0.0498. The average Bonchev–Trinajstić information content (AvgIpc) is 2.76. The molecule has 32 heavy (non-hydrogen) atoms. The third kappa shape index (κ3) is 5.18. The third-order valence-electron chi connectivity index (χ3n) is 4.82. The van der Waals surface area contributed by atoms with Gasteiger partial charge in [-0.05, 0) is 23.8 Å². The van der Waals surface area contributed by atoms with Crippen molar-refractivity contribution in [1.82, 2.24) is 20.2 Å². The van der Waals surface area contributed by atoms with E-state index in [1.54, 1.807) is 23.1 Å². The fourth-order valence-electron chi connectivity index (χ4n) is 3.17. The molecule has 0 spiro atoms. The minimum atomic E-state index is -2.92. The largest absolute Gasteiger partial charge is 0.435 e. The molecule has 0 atom stereocenters. The molecule has 2 aromatic heterocycles. The third-order valence-corrected chi connectivity index (χ3v) is 4.82. The molecule has 12 heteroatoms. The highest BCUT2D eigenvalue weighted by atomic mass is 19.3. The highest BCUT2D eigenvalue weighted by molar-refractivity contribution is 5.67.